The largest absolute Gasteiger partial charge is 0.476 e. The van der Waals surface area contributed by atoms with E-state index in [1.54, 1.807) is 11.3 Å². The van der Waals surface area contributed by atoms with Gasteiger partial charge in [-0.15, -0.1) is 22.7 Å². The first kappa shape index (κ1) is 13.0. The molecule has 2 aromatic rings. The van der Waals surface area contributed by atoms with Crippen LogP contribution in [-0.2, 0) is 6.42 Å². The van der Waals surface area contributed by atoms with Gasteiger partial charge in [-0.1, -0.05) is 6.92 Å². The fourth-order valence-corrected chi connectivity index (χ4v) is 3.07. The van der Waals surface area contributed by atoms with E-state index in [1.807, 2.05) is 13.1 Å². The Balaban J connectivity index is 2.13. The number of thiazole rings is 2. The molecule has 0 spiro atoms. The maximum absolute atomic E-state index is 10.9. The molecule has 0 fully saturated rings. The van der Waals surface area contributed by atoms with Crippen LogP contribution < -0.4 is 5.32 Å². The molecule has 2 heterocycles. The van der Waals surface area contributed by atoms with Crippen LogP contribution in [0, 0.1) is 0 Å². The summed E-state index contributed by atoms with van der Waals surface area (Å²) in [6, 6.07) is -0.0196. The normalized spacial score (nSPS) is 12.3. The third kappa shape index (κ3) is 2.68. The number of nitrogens with zero attached hydrogens (tertiary/aromatic N) is 2. The fourth-order valence-electron chi connectivity index (χ4n) is 1.45. The predicted octanol–water partition coefficient (Wildman–Crippen LogP) is 3.03. The molecule has 96 valence electrons. The molecular formula is C11H13N3O2S2. The third-order valence-corrected chi connectivity index (χ3v) is 4.49. The molecule has 0 radical (unpaired) electrons. The van der Waals surface area contributed by atoms with Crippen LogP contribution in [-0.4, -0.2) is 21.0 Å². The average Bonchev–Trinajstić information content (AvgIpc) is 2.96. The number of nitrogens with one attached hydrogen (secondary N) is 1. The molecule has 0 aromatic carbocycles. The van der Waals surface area contributed by atoms with E-state index in [2.05, 4.69) is 22.2 Å². The van der Waals surface area contributed by atoms with Crippen molar-refractivity contribution in [2.45, 2.75) is 26.3 Å². The van der Waals surface area contributed by atoms with Crippen molar-refractivity contribution in [1.29, 1.82) is 0 Å². The van der Waals surface area contributed by atoms with Gasteiger partial charge in [-0.05, 0) is 13.3 Å². The van der Waals surface area contributed by atoms with Crippen molar-refractivity contribution in [2.24, 2.45) is 0 Å². The Kier molecular flexibility index (Phi) is 3.93. The first-order valence-electron chi connectivity index (χ1n) is 5.49. The molecule has 1 unspecified atom stereocenters. The lowest BCUT2D eigenvalue weighted by molar-refractivity contribution is 0.0692. The van der Waals surface area contributed by atoms with Crippen LogP contribution in [0.15, 0.2) is 11.7 Å². The smallest absolute Gasteiger partial charge is 0.357 e. The minimum atomic E-state index is -1.01. The van der Waals surface area contributed by atoms with E-state index < -0.39 is 5.97 Å². The molecule has 0 aliphatic heterocycles. The van der Waals surface area contributed by atoms with Crippen LogP contribution in [0.4, 0.5) is 5.00 Å². The van der Waals surface area contributed by atoms with Gasteiger partial charge in [-0.3, -0.25) is 0 Å². The standard InChI is InChI=1S/C11H13N3O2S2/c1-3-7-4-12-9(18-7)6(2)14-10-8(11(15)16)13-5-17-10/h4-6,14H,3H2,1-2H3,(H,15,16). The number of carboxylic acids is 1. The van der Waals surface area contributed by atoms with Crippen LogP contribution in [0.1, 0.15) is 40.3 Å². The first-order chi connectivity index (χ1) is 8.61. The maximum Gasteiger partial charge on any atom is 0.357 e. The van der Waals surface area contributed by atoms with Crippen molar-refractivity contribution in [3.63, 3.8) is 0 Å². The summed E-state index contributed by atoms with van der Waals surface area (Å²) >= 11 is 2.93. The lowest BCUT2D eigenvalue weighted by atomic mass is 10.3. The number of hydrogen-bond donors (Lipinski definition) is 2. The molecule has 0 amide bonds. The third-order valence-electron chi connectivity index (χ3n) is 2.41. The van der Waals surface area contributed by atoms with Crippen LogP contribution in [0.25, 0.3) is 0 Å². The topological polar surface area (TPSA) is 75.1 Å². The second kappa shape index (κ2) is 5.45. The number of carbonyl (C=O) groups is 1. The molecule has 2 aromatic heterocycles. The van der Waals surface area contributed by atoms with Gasteiger partial charge < -0.3 is 10.4 Å². The van der Waals surface area contributed by atoms with Crippen LogP contribution in [0.2, 0.25) is 0 Å². The average molecular weight is 283 g/mol. The Labute approximate surface area is 113 Å². The quantitative estimate of drug-likeness (QED) is 0.882. The molecule has 18 heavy (non-hydrogen) atoms. The molecule has 2 N–H and O–H groups in total. The van der Waals surface area contributed by atoms with E-state index in [0.29, 0.717) is 5.00 Å². The highest BCUT2D eigenvalue weighted by molar-refractivity contribution is 7.14. The molecule has 7 heteroatoms. The summed E-state index contributed by atoms with van der Waals surface area (Å²) in [5, 5.41) is 13.6. The summed E-state index contributed by atoms with van der Waals surface area (Å²) in [6.45, 7) is 4.05. The van der Waals surface area contributed by atoms with Gasteiger partial charge in [0.25, 0.3) is 0 Å². The number of hydrogen-bond acceptors (Lipinski definition) is 6. The summed E-state index contributed by atoms with van der Waals surface area (Å²) < 4.78 is 0. The van der Waals surface area contributed by atoms with E-state index in [4.69, 9.17) is 5.11 Å². The van der Waals surface area contributed by atoms with Crippen molar-refractivity contribution in [1.82, 2.24) is 9.97 Å². The molecule has 1 atom stereocenters. The SMILES string of the molecule is CCc1cnc(C(C)Nc2scnc2C(=O)O)s1. The molecule has 0 aliphatic carbocycles. The van der Waals surface area contributed by atoms with Crippen LogP contribution in [0.3, 0.4) is 0 Å². The summed E-state index contributed by atoms with van der Waals surface area (Å²) in [5.74, 6) is -1.01. The van der Waals surface area contributed by atoms with Gasteiger partial charge in [0.15, 0.2) is 5.69 Å². The molecule has 0 saturated carbocycles. The van der Waals surface area contributed by atoms with Gasteiger partial charge in [0.1, 0.15) is 10.0 Å². The van der Waals surface area contributed by atoms with Gasteiger partial charge in [0.05, 0.1) is 11.6 Å². The molecule has 0 aliphatic rings. The second-order valence-corrected chi connectivity index (χ2v) is 5.72. The monoisotopic (exact) mass is 283 g/mol. The van der Waals surface area contributed by atoms with Crippen LogP contribution in [0.5, 0.6) is 0 Å². The summed E-state index contributed by atoms with van der Waals surface area (Å²) in [4.78, 5) is 20.3. The molecule has 5 nitrogen and oxygen atoms in total. The van der Waals surface area contributed by atoms with Gasteiger partial charge in [0, 0.05) is 11.1 Å². The van der Waals surface area contributed by atoms with E-state index in [0.717, 1.165) is 11.4 Å². The number of aromatic nitrogens is 2. The Morgan fingerprint density at radius 1 is 1.56 bits per heavy atom. The Hall–Kier alpha value is -1.47. The zero-order valence-electron chi connectivity index (χ0n) is 10.0. The zero-order valence-corrected chi connectivity index (χ0v) is 11.6. The van der Waals surface area contributed by atoms with Crippen LogP contribution >= 0.6 is 22.7 Å². The molecular weight excluding hydrogens is 270 g/mol. The molecule has 2 rings (SSSR count). The van der Waals surface area contributed by atoms with Crippen molar-refractivity contribution in [3.8, 4) is 0 Å². The highest BCUT2D eigenvalue weighted by Crippen LogP contribution is 2.28. The lowest BCUT2D eigenvalue weighted by Crippen LogP contribution is -2.08. The van der Waals surface area contributed by atoms with Gasteiger partial charge in [-0.2, -0.15) is 0 Å². The van der Waals surface area contributed by atoms with E-state index >= 15 is 0 Å². The zero-order chi connectivity index (χ0) is 13.1. The number of anilines is 1. The number of aryl methyl sites for hydroxylation is 1. The van der Waals surface area contributed by atoms with Gasteiger partial charge >= 0.3 is 5.97 Å². The van der Waals surface area contributed by atoms with E-state index in [1.165, 1.54) is 21.7 Å². The van der Waals surface area contributed by atoms with Crippen molar-refractivity contribution in [3.05, 3.63) is 27.3 Å². The minimum absolute atomic E-state index is 0.0196. The highest BCUT2D eigenvalue weighted by atomic mass is 32.1. The van der Waals surface area contributed by atoms with E-state index in [-0.39, 0.29) is 11.7 Å². The summed E-state index contributed by atoms with van der Waals surface area (Å²) in [6.07, 6.45) is 2.83. The van der Waals surface area contributed by atoms with Gasteiger partial charge in [-0.25, -0.2) is 14.8 Å². The summed E-state index contributed by atoms with van der Waals surface area (Å²) in [5.41, 5.74) is 1.59. The Morgan fingerprint density at radius 2 is 2.33 bits per heavy atom. The minimum Gasteiger partial charge on any atom is -0.476 e. The Bertz CT molecular complexity index is 550. The first-order valence-corrected chi connectivity index (χ1v) is 7.19. The second-order valence-electron chi connectivity index (χ2n) is 3.72. The summed E-state index contributed by atoms with van der Waals surface area (Å²) in [7, 11) is 0. The van der Waals surface area contributed by atoms with Crippen molar-refractivity contribution >= 4 is 33.6 Å². The number of rotatable bonds is 5. The molecule has 0 saturated heterocycles. The lowest BCUT2D eigenvalue weighted by Gasteiger charge is -2.10. The van der Waals surface area contributed by atoms with Crippen molar-refractivity contribution in [2.75, 3.05) is 5.32 Å². The number of aromatic carboxylic acids is 1. The van der Waals surface area contributed by atoms with E-state index in [9.17, 15) is 4.79 Å². The predicted molar refractivity (Wildman–Crippen MR) is 72.6 cm³/mol. The van der Waals surface area contributed by atoms with Gasteiger partial charge in [0.2, 0.25) is 0 Å². The fraction of sp³-hybridized carbons (Fsp3) is 0.364. The number of carboxylic acid groups (broad SMARTS) is 1. The Morgan fingerprint density at radius 3 is 2.94 bits per heavy atom. The molecule has 0 bridgehead atoms. The van der Waals surface area contributed by atoms with Crippen molar-refractivity contribution < 1.29 is 9.90 Å². The maximum atomic E-state index is 10.9. The highest BCUT2D eigenvalue weighted by Gasteiger charge is 2.17.